The van der Waals surface area contributed by atoms with Crippen LogP contribution < -0.4 is 0 Å². The summed E-state index contributed by atoms with van der Waals surface area (Å²) in [6.45, 7) is 0. The molecule has 1 N–H and O–H groups in total. The molecule has 0 bridgehead atoms. The first-order valence-electron chi connectivity index (χ1n) is 2.45. The van der Waals surface area contributed by atoms with E-state index in [0.717, 1.165) is 12.1 Å². The zero-order valence-corrected chi connectivity index (χ0v) is 5.49. The number of hydrogen-bond acceptors (Lipinski definition) is 1. The van der Waals surface area contributed by atoms with Crippen molar-refractivity contribution >= 4 is 11.6 Å². The summed E-state index contributed by atoms with van der Waals surface area (Å²) in [5.74, 6) is -3.19. The summed E-state index contributed by atoms with van der Waals surface area (Å²) < 4.78 is 24.4. The minimum absolute atomic E-state index is 0.0311. The Labute approximate surface area is 60.9 Å². The van der Waals surface area contributed by atoms with Crippen molar-refractivity contribution in [2.75, 3.05) is 0 Å². The van der Waals surface area contributed by atoms with Crippen LogP contribution >= 0.6 is 11.6 Å². The van der Waals surface area contributed by atoms with Gasteiger partial charge < -0.3 is 5.11 Å². The lowest BCUT2D eigenvalue weighted by molar-refractivity contribution is 0.407. The third kappa shape index (κ3) is 1.19. The molecule has 1 aromatic carbocycles. The number of phenols is 1. The van der Waals surface area contributed by atoms with Gasteiger partial charge in [-0.15, -0.1) is 0 Å². The third-order valence-electron chi connectivity index (χ3n) is 0.974. The lowest BCUT2D eigenvalue weighted by Crippen LogP contribution is -1.82. The summed E-state index contributed by atoms with van der Waals surface area (Å²) in [6, 6.07) is 1.72. The maximum atomic E-state index is 12.2. The Bertz CT molecular complexity index is 239. The Hall–Kier alpha value is -0.830. The van der Waals surface area contributed by atoms with Crippen LogP contribution in [0.5, 0.6) is 5.75 Å². The molecule has 0 atom stereocenters. The molecule has 0 spiro atoms. The summed E-state index contributed by atoms with van der Waals surface area (Å²) in [7, 11) is 0. The van der Waals surface area contributed by atoms with Crippen molar-refractivity contribution in [3.05, 3.63) is 28.8 Å². The van der Waals surface area contributed by atoms with Crippen molar-refractivity contribution in [3.63, 3.8) is 0 Å². The Morgan fingerprint density at radius 2 is 1.90 bits per heavy atom. The molecule has 1 aromatic rings. The van der Waals surface area contributed by atoms with Gasteiger partial charge in [-0.05, 0) is 6.07 Å². The second-order valence-electron chi connectivity index (χ2n) is 1.72. The summed E-state index contributed by atoms with van der Waals surface area (Å²) in [5.41, 5.74) is 0. The van der Waals surface area contributed by atoms with E-state index < -0.39 is 17.4 Å². The van der Waals surface area contributed by atoms with E-state index in [0.29, 0.717) is 0 Å². The van der Waals surface area contributed by atoms with Crippen LogP contribution in [-0.2, 0) is 0 Å². The molecule has 0 aliphatic heterocycles. The minimum atomic E-state index is -1.27. The number of rotatable bonds is 0. The van der Waals surface area contributed by atoms with Gasteiger partial charge in [0.1, 0.15) is 0 Å². The van der Waals surface area contributed by atoms with E-state index in [9.17, 15) is 8.78 Å². The van der Waals surface area contributed by atoms with Crippen LogP contribution in [0.2, 0.25) is 5.02 Å². The Balaban J connectivity index is 3.31. The molecule has 0 aromatic heterocycles. The van der Waals surface area contributed by atoms with E-state index in [-0.39, 0.29) is 5.02 Å². The van der Waals surface area contributed by atoms with Crippen LogP contribution in [0.25, 0.3) is 0 Å². The van der Waals surface area contributed by atoms with Crippen molar-refractivity contribution in [2.24, 2.45) is 0 Å². The van der Waals surface area contributed by atoms with Crippen LogP contribution in [0.3, 0.4) is 0 Å². The molecule has 0 saturated heterocycles. The molecule has 10 heavy (non-hydrogen) atoms. The number of benzene rings is 1. The fourth-order valence-electron chi connectivity index (χ4n) is 0.542. The van der Waals surface area contributed by atoms with Crippen molar-refractivity contribution < 1.29 is 13.9 Å². The first kappa shape index (κ1) is 7.28. The van der Waals surface area contributed by atoms with E-state index in [1.165, 1.54) is 0 Å². The Morgan fingerprint density at radius 1 is 1.30 bits per heavy atom. The summed E-state index contributed by atoms with van der Waals surface area (Å²) in [6.07, 6.45) is 0. The molecule has 0 radical (unpaired) electrons. The SMILES string of the molecule is Oc1cc(Cl)cc(F)c1F. The maximum absolute atomic E-state index is 12.2. The van der Waals surface area contributed by atoms with Gasteiger partial charge in [0.05, 0.1) is 0 Å². The minimum Gasteiger partial charge on any atom is -0.505 e. The molecule has 1 nitrogen and oxygen atoms in total. The number of phenolic OH excluding ortho intramolecular Hbond substituents is 1. The third-order valence-corrected chi connectivity index (χ3v) is 1.19. The van der Waals surface area contributed by atoms with E-state index in [2.05, 4.69) is 0 Å². The summed E-state index contributed by atoms with van der Waals surface area (Å²) >= 11 is 5.26. The fourth-order valence-corrected chi connectivity index (χ4v) is 0.742. The van der Waals surface area contributed by atoms with Gasteiger partial charge in [0, 0.05) is 11.1 Å². The molecule has 0 aliphatic carbocycles. The fraction of sp³-hybridized carbons (Fsp3) is 0. The molecule has 0 fully saturated rings. The van der Waals surface area contributed by atoms with Crippen molar-refractivity contribution in [1.29, 1.82) is 0 Å². The van der Waals surface area contributed by atoms with Crippen LogP contribution in [0, 0.1) is 11.6 Å². The van der Waals surface area contributed by atoms with Crippen LogP contribution in [0.15, 0.2) is 12.1 Å². The zero-order valence-electron chi connectivity index (χ0n) is 4.74. The first-order valence-corrected chi connectivity index (χ1v) is 2.82. The molecule has 0 saturated carbocycles. The monoisotopic (exact) mass is 164 g/mol. The Morgan fingerprint density at radius 3 is 2.40 bits per heavy atom. The predicted molar refractivity (Wildman–Crippen MR) is 33.0 cm³/mol. The summed E-state index contributed by atoms with van der Waals surface area (Å²) in [4.78, 5) is 0. The molecule has 1 rings (SSSR count). The molecule has 54 valence electrons. The smallest absolute Gasteiger partial charge is 0.200 e. The van der Waals surface area contributed by atoms with Gasteiger partial charge in [0.15, 0.2) is 17.4 Å². The number of hydrogen-bond donors (Lipinski definition) is 1. The second-order valence-corrected chi connectivity index (χ2v) is 2.16. The second kappa shape index (κ2) is 2.42. The molecular weight excluding hydrogens is 162 g/mol. The van der Waals surface area contributed by atoms with Crippen molar-refractivity contribution in [2.45, 2.75) is 0 Å². The average molecular weight is 165 g/mol. The van der Waals surface area contributed by atoms with Crippen molar-refractivity contribution in [1.82, 2.24) is 0 Å². The number of aromatic hydroxyl groups is 1. The van der Waals surface area contributed by atoms with Crippen LogP contribution in [-0.4, -0.2) is 5.11 Å². The quantitative estimate of drug-likeness (QED) is 0.584. The average Bonchev–Trinajstić information content (AvgIpc) is 1.82. The van der Waals surface area contributed by atoms with Gasteiger partial charge in [-0.3, -0.25) is 0 Å². The predicted octanol–water partition coefficient (Wildman–Crippen LogP) is 2.32. The molecule has 4 heteroatoms. The zero-order chi connectivity index (χ0) is 7.72. The van der Waals surface area contributed by atoms with Gasteiger partial charge >= 0.3 is 0 Å². The summed E-state index contributed by atoms with van der Waals surface area (Å²) in [5, 5.41) is 8.55. The Kier molecular flexibility index (Phi) is 1.76. The van der Waals surface area contributed by atoms with Gasteiger partial charge in [0.25, 0.3) is 0 Å². The highest BCUT2D eigenvalue weighted by Crippen LogP contribution is 2.22. The molecule has 0 aliphatic rings. The standard InChI is InChI=1S/C6H3ClF2O/c7-3-1-4(8)6(9)5(10)2-3/h1-2,10H. The molecule has 0 amide bonds. The highest BCUT2D eigenvalue weighted by Gasteiger charge is 2.07. The van der Waals surface area contributed by atoms with Gasteiger partial charge in [-0.1, -0.05) is 11.6 Å². The van der Waals surface area contributed by atoms with Gasteiger partial charge in [-0.2, -0.15) is 4.39 Å². The lowest BCUT2D eigenvalue weighted by Gasteiger charge is -1.95. The van der Waals surface area contributed by atoms with Gasteiger partial charge in [0.2, 0.25) is 0 Å². The first-order chi connectivity index (χ1) is 4.61. The number of halogens is 3. The molecular formula is C6H3ClF2O. The van der Waals surface area contributed by atoms with Crippen LogP contribution in [0.4, 0.5) is 8.78 Å². The highest BCUT2D eigenvalue weighted by atomic mass is 35.5. The van der Waals surface area contributed by atoms with E-state index in [1.807, 2.05) is 0 Å². The van der Waals surface area contributed by atoms with E-state index in [4.69, 9.17) is 16.7 Å². The van der Waals surface area contributed by atoms with Crippen molar-refractivity contribution in [3.8, 4) is 5.75 Å². The highest BCUT2D eigenvalue weighted by molar-refractivity contribution is 6.30. The molecule has 0 heterocycles. The van der Waals surface area contributed by atoms with Gasteiger partial charge in [-0.25, -0.2) is 4.39 Å². The van der Waals surface area contributed by atoms with E-state index >= 15 is 0 Å². The normalized spacial score (nSPS) is 9.90. The topological polar surface area (TPSA) is 20.2 Å². The van der Waals surface area contributed by atoms with Crippen LogP contribution in [0.1, 0.15) is 0 Å². The largest absolute Gasteiger partial charge is 0.505 e. The van der Waals surface area contributed by atoms with E-state index in [1.54, 1.807) is 0 Å². The molecule has 0 unspecified atom stereocenters. The maximum Gasteiger partial charge on any atom is 0.200 e. The lowest BCUT2D eigenvalue weighted by atomic mass is 10.3.